The molecule has 0 radical (unpaired) electrons. The number of benzene rings is 1. The first-order chi connectivity index (χ1) is 8.47. The van der Waals surface area contributed by atoms with Gasteiger partial charge in [-0.2, -0.15) is 0 Å². The molecule has 0 bridgehead atoms. The number of carbonyl (C=O) groups is 1. The number of hydrogen-bond acceptors (Lipinski definition) is 3. The first kappa shape index (κ1) is 14.4. The molecule has 0 aliphatic carbocycles. The fraction of sp³-hybridized carbons (Fsp3) is 0.462. The highest BCUT2D eigenvalue weighted by molar-refractivity contribution is 5.78. The quantitative estimate of drug-likeness (QED) is 0.826. The van der Waals surface area contributed by atoms with Crippen molar-refractivity contribution in [2.45, 2.75) is 13.5 Å². The summed E-state index contributed by atoms with van der Waals surface area (Å²) in [6, 6.07) is 4.69. The number of anilines is 1. The molecule has 0 heterocycles. The van der Waals surface area contributed by atoms with Gasteiger partial charge in [0.2, 0.25) is 5.91 Å². The van der Waals surface area contributed by atoms with E-state index in [-0.39, 0.29) is 17.6 Å². The number of nitrogens with zero attached hydrogens (tertiary/aromatic N) is 1. The minimum atomic E-state index is -0.313. The Kier molecular flexibility index (Phi) is 5.09. The molecule has 1 amide bonds. The highest BCUT2D eigenvalue weighted by atomic mass is 19.1. The largest absolute Gasteiger partial charge is 0.374 e. The van der Waals surface area contributed by atoms with Gasteiger partial charge < -0.3 is 16.0 Å². The van der Waals surface area contributed by atoms with Crippen LogP contribution >= 0.6 is 0 Å². The predicted molar refractivity (Wildman–Crippen MR) is 70.8 cm³/mol. The Bertz CT molecular complexity index is 423. The third kappa shape index (κ3) is 3.70. The van der Waals surface area contributed by atoms with Crippen LogP contribution in [0.3, 0.4) is 0 Å². The number of amides is 1. The van der Waals surface area contributed by atoms with Crippen LogP contribution in [0.1, 0.15) is 12.5 Å². The van der Waals surface area contributed by atoms with Crippen molar-refractivity contribution in [3.8, 4) is 0 Å². The summed E-state index contributed by atoms with van der Waals surface area (Å²) in [6.45, 7) is 2.65. The van der Waals surface area contributed by atoms with Crippen LogP contribution in [-0.4, -0.2) is 26.5 Å². The minimum Gasteiger partial charge on any atom is -0.374 e. The molecule has 0 spiro atoms. The molecule has 0 aliphatic heterocycles. The Morgan fingerprint density at radius 3 is 2.72 bits per heavy atom. The molecule has 1 atom stereocenters. The Morgan fingerprint density at radius 1 is 1.50 bits per heavy atom. The van der Waals surface area contributed by atoms with E-state index in [1.54, 1.807) is 7.05 Å². The topological polar surface area (TPSA) is 58.4 Å². The van der Waals surface area contributed by atoms with Gasteiger partial charge in [-0.1, -0.05) is 6.92 Å². The number of nitrogens with two attached hydrogens (primary N) is 1. The molecule has 5 heteroatoms. The number of carbonyl (C=O) groups excluding carboxylic acids is 1. The van der Waals surface area contributed by atoms with Gasteiger partial charge in [-0.05, 0) is 23.8 Å². The average molecular weight is 253 g/mol. The van der Waals surface area contributed by atoms with Gasteiger partial charge in [0.15, 0.2) is 0 Å². The number of hydrogen-bond donors (Lipinski definition) is 2. The van der Waals surface area contributed by atoms with Crippen molar-refractivity contribution in [2.75, 3.05) is 25.5 Å². The molecule has 100 valence electrons. The number of halogens is 1. The second kappa shape index (κ2) is 6.35. The zero-order valence-corrected chi connectivity index (χ0v) is 11.0. The zero-order valence-electron chi connectivity index (χ0n) is 11.0. The van der Waals surface area contributed by atoms with E-state index >= 15 is 0 Å². The molecule has 1 aromatic rings. The highest BCUT2D eigenvalue weighted by Crippen LogP contribution is 2.18. The van der Waals surface area contributed by atoms with E-state index < -0.39 is 0 Å². The summed E-state index contributed by atoms with van der Waals surface area (Å²) in [5.41, 5.74) is 6.98. The Balaban J connectivity index is 2.80. The predicted octanol–water partition coefficient (Wildman–Crippen LogP) is 1.10. The van der Waals surface area contributed by atoms with Gasteiger partial charge in [-0.3, -0.25) is 4.79 Å². The summed E-state index contributed by atoms with van der Waals surface area (Å²) >= 11 is 0. The minimum absolute atomic E-state index is 0.0303. The molecule has 0 saturated heterocycles. The third-order valence-corrected chi connectivity index (χ3v) is 2.86. The summed E-state index contributed by atoms with van der Waals surface area (Å²) in [5, 5.41) is 2.60. The zero-order chi connectivity index (χ0) is 13.7. The monoisotopic (exact) mass is 253 g/mol. The highest BCUT2D eigenvalue weighted by Gasteiger charge is 2.14. The van der Waals surface area contributed by atoms with Crippen LogP contribution in [0.25, 0.3) is 0 Å². The first-order valence-electron chi connectivity index (χ1n) is 5.90. The summed E-state index contributed by atoms with van der Waals surface area (Å²) in [6.07, 6.45) is 0. The lowest BCUT2D eigenvalue weighted by atomic mass is 10.1. The summed E-state index contributed by atoms with van der Waals surface area (Å²) in [5.74, 6) is -0.505. The smallest absolute Gasteiger partial charge is 0.224 e. The third-order valence-electron chi connectivity index (χ3n) is 2.86. The van der Waals surface area contributed by atoms with Gasteiger partial charge in [0.25, 0.3) is 0 Å². The van der Waals surface area contributed by atoms with E-state index in [1.807, 2.05) is 24.9 Å². The van der Waals surface area contributed by atoms with Gasteiger partial charge in [-0.15, -0.1) is 0 Å². The molecule has 1 aromatic carbocycles. The molecule has 3 N–H and O–H groups in total. The lowest BCUT2D eigenvalue weighted by Crippen LogP contribution is -2.34. The van der Waals surface area contributed by atoms with Crippen LogP contribution in [0.5, 0.6) is 0 Å². The Hall–Kier alpha value is -1.62. The SMILES string of the molecule is CNC(=O)C(C)CN(C)c1cc(F)cc(CN)c1. The Morgan fingerprint density at radius 2 is 2.17 bits per heavy atom. The fourth-order valence-electron chi connectivity index (χ4n) is 1.82. The molecule has 1 rings (SSSR count). The number of nitrogens with one attached hydrogen (secondary N) is 1. The standard InChI is InChI=1S/C13H20FN3O/c1-9(13(18)16-2)8-17(3)12-5-10(7-15)4-11(14)6-12/h4-6,9H,7-8,15H2,1-3H3,(H,16,18). The first-order valence-corrected chi connectivity index (χ1v) is 5.90. The second-order valence-corrected chi connectivity index (χ2v) is 4.42. The van der Waals surface area contributed by atoms with Gasteiger partial charge in [0.1, 0.15) is 5.82 Å². The maximum Gasteiger partial charge on any atom is 0.224 e. The van der Waals surface area contributed by atoms with Crippen molar-refractivity contribution in [1.29, 1.82) is 0 Å². The van der Waals surface area contributed by atoms with E-state index in [0.717, 1.165) is 11.3 Å². The van der Waals surface area contributed by atoms with Crippen LogP contribution in [0, 0.1) is 11.7 Å². The molecule has 18 heavy (non-hydrogen) atoms. The molecule has 0 aliphatic rings. The summed E-state index contributed by atoms with van der Waals surface area (Å²) in [7, 11) is 3.43. The normalized spacial score (nSPS) is 12.1. The summed E-state index contributed by atoms with van der Waals surface area (Å²) in [4.78, 5) is 13.3. The summed E-state index contributed by atoms with van der Waals surface area (Å²) < 4.78 is 13.4. The molecular weight excluding hydrogens is 233 g/mol. The van der Waals surface area contributed by atoms with Crippen molar-refractivity contribution in [3.63, 3.8) is 0 Å². The number of rotatable bonds is 5. The van der Waals surface area contributed by atoms with E-state index in [9.17, 15) is 9.18 Å². The molecule has 0 aromatic heterocycles. The van der Waals surface area contributed by atoms with Crippen molar-refractivity contribution in [2.24, 2.45) is 11.7 Å². The van der Waals surface area contributed by atoms with Crippen LogP contribution in [0.4, 0.5) is 10.1 Å². The van der Waals surface area contributed by atoms with Gasteiger partial charge in [-0.25, -0.2) is 4.39 Å². The van der Waals surface area contributed by atoms with Crippen LogP contribution in [0.2, 0.25) is 0 Å². The molecule has 0 fully saturated rings. The van der Waals surface area contributed by atoms with E-state index in [0.29, 0.717) is 13.1 Å². The molecule has 4 nitrogen and oxygen atoms in total. The fourth-order valence-corrected chi connectivity index (χ4v) is 1.82. The van der Waals surface area contributed by atoms with Crippen molar-refractivity contribution in [1.82, 2.24) is 5.32 Å². The maximum atomic E-state index is 13.4. The van der Waals surface area contributed by atoms with Crippen molar-refractivity contribution in [3.05, 3.63) is 29.6 Å². The second-order valence-electron chi connectivity index (χ2n) is 4.42. The molecule has 0 saturated carbocycles. The lowest BCUT2D eigenvalue weighted by Gasteiger charge is -2.23. The molecule has 1 unspecified atom stereocenters. The van der Waals surface area contributed by atoms with Crippen molar-refractivity contribution < 1.29 is 9.18 Å². The van der Waals surface area contributed by atoms with Crippen LogP contribution in [0.15, 0.2) is 18.2 Å². The van der Waals surface area contributed by atoms with E-state index in [2.05, 4.69) is 5.32 Å². The Labute approximate surface area is 107 Å². The van der Waals surface area contributed by atoms with Gasteiger partial charge in [0.05, 0.1) is 5.92 Å². The van der Waals surface area contributed by atoms with Crippen LogP contribution < -0.4 is 16.0 Å². The van der Waals surface area contributed by atoms with Crippen LogP contribution in [-0.2, 0) is 11.3 Å². The van der Waals surface area contributed by atoms with Crippen molar-refractivity contribution >= 4 is 11.6 Å². The van der Waals surface area contributed by atoms with Gasteiger partial charge in [0, 0.05) is 32.9 Å². The average Bonchev–Trinajstić information content (AvgIpc) is 2.36. The van der Waals surface area contributed by atoms with E-state index in [1.165, 1.54) is 12.1 Å². The van der Waals surface area contributed by atoms with Gasteiger partial charge >= 0.3 is 0 Å². The van der Waals surface area contributed by atoms with E-state index in [4.69, 9.17) is 5.73 Å². The lowest BCUT2D eigenvalue weighted by molar-refractivity contribution is -0.123. The maximum absolute atomic E-state index is 13.4. The molecular formula is C13H20FN3O.